The van der Waals surface area contributed by atoms with E-state index in [1.54, 1.807) is 13.2 Å². The molecule has 3 aromatic rings. The number of carbonyl (C=O) groups is 1. The van der Waals surface area contributed by atoms with E-state index in [0.29, 0.717) is 42.3 Å². The van der Waals surface area contributed by atoms with Gasteiger partial charge in [0, 0.05) is 50.2 Å². The summed E-state index contributed by atoms with van der Waals surface area (Å²) in [4.78, 5) is 26.5. The van der Waals surface area contributed by atoms with Crippen molar-refractivity contribution in [3.8, 4) is 11.5 Å². The molecule has 1 atom stereocenters. The van der Waals surface area contributed by atoms with E-state index in [9.17, 15) is 4.79 Å². The number of anilines is 4. The van der Waals surface area contributed by atoms with Crippen molar-refractivity contribution >= 4 is 29.4 Å². The van der Waals surface area contributed by atoms with E-state index in [1.165, 1.54) is 0 Å². The fraction of sp³-hybridized carbons (Fsp3) is 0.381. The Morgan fingerprint density at radius 3 is 3.03 bits per heavy atom. The van der Waals surface area contributed by atoms with Crippen LogP contribution in [0.1, 0.15) is 30.1 Å². The number of benzene rings is 1. The maximum absolute atomic E-state index is 13.5. The lowest BCUT2D eigenvalue weighted by Crippen LogP contribution is -2.39. The molecule has 2 N–H and O–H groups in total. The molecule has 2 aliphatic rings. The molecular weight excluding hydrogens is 396 g/mol. The number of amides is 1. The van der Waals surface area contributed by atoms with Crippen molar-refractivity contribution in [3.05, 3.63) is 36.0 Å². The lowest BCUT2D eigenvalue weighted by Gasteiger charge is -2.27. The molecule has 0 radical (unpaired) electrons. The fourth-order valence-electron chi connectivity index (χ4n) is 4.20. The van der Waals surface area contributed by atoms with Crippen LogP contribution in [-0.2, 0) is 0 Å². The molecule has 1 amide bonds. The predicted molar refractivity (Wildman–Crippen MR) is 118 cm³/mol. The number of hydrogen-bond acceptors (Lipinski definition) is 9. The Kier molecular flexibility index (Phi) is 4.89. The second kappa shape index (κ2) is 7.86. The number of hydrogen-bond donors (Lipinski definition) is 2. The summed E-state index contributed by atoms with van der Waals surface area (Å²) in [7, 11) is 1.78. The molecule has 0 saturated carbocycles. The highest BCUT2D eigenvalue weighted by Gasteiger charge is 2.37. The number of nitrogens with zero attached hydrogens (tertiary/aromatic N) is 6. The van der Waals surface area contributed by atoms with Gasteiger partial charge in [0.1, 0.15) is 11.4 Å². The van der Waals surface area contributed by atoms with Crippen molar-refractivity contribution in [1.29, 1.82) is 0 Å². The summed E-state index contributed by atoms with van der Waals surface area (Å²) in [6.07, 6.45) is 3.70. The van der Waals surface area contributed by atoms with Crippen molar-refractivity contribution in [2.24, 2.45) is 0 Å². The number of aromatic nitrogens is 4. The lowest BCUT2D eigenvalue weighted by molar-refractivity contribution is 0.0988. The van der Waals surface area contributed by atoms with Crippen molar-refractivity contribution in [3.63, 3.8) is 0 Å². The normalized spacial score (nSPS) is 17.9. The summed E-state index contributed by atoms with van der Waals surface area (Å²) < 4.78 is 5.68. The molecule has 2 aromatic heterocycles. The van der Waals surface area contributed by atoms with Crippen molar-refractivity contribution in [1.82, 2.24) is 20.2 Å². The van der Waals surface area contributed by atoms with E-state index < -0.39 is 0 Å². The molecule has 4 heterocycles. The van der Waals surface area contributed by atoms with Crippen LogP contribution in [0.2, 0.25) is 0 Å². The van der Waals surface area contributed by atoms with Gasteiger partial charge in [-0.15, -0.1) is 5.10 Å². The third-order valence-electron chi connectivity index (χ3n) is 5.67. The second-order valence-corrected chi connectivity index (χ2v) is 7.58. The molecule has 1 fully saturated rings. The fourth-order valence-corrected chi connectivity index (χ4v) is 4.20. The molecule has 160 valence electrons. The molecule has 0 aliphatic carbocycles. The van der Waals surface area contributed by atoms with Crippen molar-refractivity contribution in [2.75, 3.05) is 47.1 Å². The quantitative estimate of drug-likeness (QED) is 0.643. The largest absolute Gasteiger partial charge is 0.403 e. The molecule has 0 spiro atoms. The number of rotatable bonds is 5. The van der Waals surface area contributed by atoms with Gasteiger partial charge in [-0.05, 0) is 38.0 Å². The molecule has 0 bridgehead atoms. The van der Waals surface area contributed by atoms with Crippen LogP contribution in [0.4, 0.5) is 23.5 Å². The zero-order valence-corrected chi connectivity index (χ0v) is 17.5. The van der Waals surface area contributed by atoms with Gasteiger partial charge < -0.3 is 24.9 Å². The highest BCUT2D eigenvalue weighted by atomic mass is 16.4. The molecule has 1 saturated heterocycles. The maximum Gasteiger partial charge on any atom is 0.315 e. The van der Waals surface area contributed by atoms with E-state index in [0.717, 1.165) is 30.6 Å². The number of nitrogens with one attached hydrogen (secondary N) is 2. The monoisotopic (exact) mass is 420 g/mol. The van der Waals surface area contributed by atoms with Gasteiger partial charge in [-0.3, -0.25) is 4.79 Å². The number of carbonyl (C=O) groups excluding carboxylic acids is 1. The Morgan fingerprint density at radius 1 is 1.29 bits per heavy atom. The Morgan fingerprint density at radius 2 is 2.19 bits per heavy atom. The Bertz CT molecular complexity index is 1110. The zero-order chi connectivity index (χ0) is 21.4. The Balaban J connectivity index is 1.53. The molecular formula is C21H24N8O2. The van der Waals surface area contributed by atoms with E-state index >= 15 is 0 Å². The first-order valence-electron chi connectivity index (χ1n) is 10.5. The minimum absolute atomic E-state index is 0.108. The highest BCUT2D eigenvalue weighted by Crippen LogP contribution is 2.35. The third kappa shape index (κ3) is 3.43. The summed E-state index contributed by atoms with van der Waals surface area (Å²) in [5, 5.41) is 14.1. The third-order valence-corrected chi connectivity index (χ3v) is 5.67. The topological polar surface area (TPSA) is 112 Å². The molecule has 1 aromatic carbocycles. The van der Waals surface area contributed by atoms with Gasteiger partial charge in [0.2, 0.25) is 11.8 Å². The Labute approximate surface area is 179 Å². The van der Waals surface area contributed by atoms with Crippen LogP contribution in [0.3, 0.4) is 0 Å². The average Bonchev–Trinajstić information content (AvgIpc) is 3.44. The first-order valence-corrected chi connectivity index (χ1v) is 10.5. The molecule has 5 rings (SSSR count). The maximum atomic E-state index is 13.5. The van der Waals surface area contributed by atoms with Crippen LogP contribution in [0.25, 0.3) is 11.5 Å². The molecule has 31 heavy (non-hydrogen) atoms. The van der Waals surface area contributed by atoms with Gasteiger partial charge in [0.15, 0.2) is 0 Å². The van der Waals surface area contributed by atoms with Gasteiger partial charge in [-0.2, -0.15) is 4.98 Å². The van der Waals surface area contributed by atoms with Crippen LogP contribution in [0.15, 0.2) is 34.9 Å². The zero-order valence-electron chi connectivity index (χ0n) is 17.5. The minimum atomic E-state index is -0.108. The van der Waals surface area contributed by atoms with Gasteiger partial charge in [-0.1, -0.05) is 11.2 Å². The highest BCUT2D eigenvalue weighted by molar-refractivity contribution is 6.10. The van der Waals surface area contributed by atoms with Gasteiger partial charge in [-0.25, -0.2) is 4.98 Å². The average molecular weight is 420 g/mol. The van der Waals surface area contributed by atoms with E-state index in [-0.39, 0.29) is 11.9 Å². The number of fused-ring (bicyclic) bond motifs is 3. The summed E-state index contributed by atoms with van der Waals surface area (Å²) in [6, 6.07) is 8.21. The summed E-state index contributed by atoms with van der Waals surface area (Å²) in [5.74, 6) is 1.52. The van der Waals surface area contributed by atoms with Crippen LogP contribution in [0.5, 0.6) is 0 Å². The first kappa shape index (κ1) is 19.3. The standard InChI is InChI=1S/C21H24N8O2/c1-3-23-21-27-26-18(31-21)13-6-4-7-14(10-13)29-12-15-8-5-9-28(15)17-16(19(29)30)11-24-20(22-2)25-17/h4,6-7,10-11,15H,3,5,8-9,12H2,1-2H3,(H,23,27)(H,22,24,25). The SMILES string of the molecule is CCNc1nnc(-c2cccc(N3CC4CCCN4c4nc(NC)ncc4C3=O)c2)o1. The van der Waals surface area contributed by atoms with Crippen LogP contribution >= 0.6 is 0 Å². The molecule has 10 heteroatoms. The van der Waals surface area contributed by atoms with Gasteiger partial charge in [0.25, 0.3) is 5.91 Å². The van der Waals surface area contributed by atoms with Crippen LogP contribution < -0.4 is 20.4 Å². The summed E-state index contributed by atoms with van der Waals surface area (Å²) >= 11 is 0. The second-order valence-electron chi connectivity index (χ2n) is 7.58. The lowest BCUT2D eigenvalue weighted by atomic mass is 10.1. The van der Waals surface area contributed by atoms with E-state index in [1.807, 2.05) is 36.1 Å². The predicted octanol–water partition coefficient (Wildman–Crippen LogP) is 2.63. The smallest absolute Gasteiger partial charge is 0.315 e. The molecule has 2 aliphatic heterocycles. The van der Waals surface area contributed by atoms with E-state index in [4.69, 9.17) is 4.42 Å². The van der Waals surface area contributed by atoms with Crippen molar-refractivity contribution < 1.29 is 9.21 Å². The van der Waals surface area contributed by atoms with Gasteiger partial charge >= 0.3 is 6.01 Å². The van der Waals surface area contributed by atoms with Crippen LogP contribution in [0, 0.1) is 0 Å². The van der Waals surface area contributed by atoms with E-state index in [2.05, 4.69) is 35.7 Å². The molecule has 1 unspecified atom stereocenters. The Hall–Kier alpha value is -3.69. The first-order chi connectivity index (χ1) is 15.2. The van der Waals surface area contributed by atoms with Crippen LogP contribution in [-0.4, -0.2) is 58.8 Å². The summed E-state index contributed by atoms with van der Waals surface area (Å²) in [6.45, 7) is 4.12. The van der Waals surface area contributed by atoms with Crippen molar-refractivity contribution in [2.45, 2.75) is 25.8 Å². The summed E-state index contributed by atoms with van der Waals surface area (Å²) in [5.41, 5.74) is 2.06. The minimum Gasteiger partial charge on any atom is -0.403 e. The van der Waals surface area contributed by atoms with Gasteiger partial charge in [0.05, 0.1) is 0 Å². The molecule has 10 nitrogen and oxygen atoms in total.